The molecule has 0 aromatic carbocycles. The molecule has 0 amide bonds. The Hall–Kier alpha value is 0.310. The fourth-order valence-electron chi connectivity index (χ4n) is 3.25. The summed E-state index contributed by atoms with van der Waals surface area (Å²) < 4.78 is 0. The van der Waals surface area contributed by atoms with Crippen LogP contribution < -0.4 is 5.73 Å². The molecule has 0 aromatic rings. The van der Waals surface area contributed by atoms with E-state index in [1.807, 2.05) is 0 Å². The number of thioether (sulfide) groups is 1. The Bertz CT molecular complexity index is 189. The Morgan fingerprint density at radius 1 is 0.812 bits per heavy atom. The van der Waals surface area contributed by atoms with Crippen LogP contribution in [0.15, 0.2) is 0 Å². The lowest BCUT2D eigenvalue weighted by Crippen LogP contribution is -2.27. The van der Waals surface area contributed by atoms with Gasteiger partial charge in [0.2, 0.25) is 0 Å². The second-order valence-corrected chi connectivity index (χ2v) is 7.11. The molecule has 2 saturated carbocycles. The van der Waals surface area contributed by atoms with Gasteiger partial charge in [-0.3, -0.25) is 0 Å². The van der Waals surface area contributed by atoms with E-state index in [1.54, 1.807) is 0 Å². The van der Waals surface area contributed by atoms with Gasteiger partial charge < -0.3 is 5.73 Å². The third-order valence-electron chi connectivity index (χ3n) is 4.31. The van der Waals surface area contributed by atoms with Crippen molar-refractivity contribution in [2.75, 3.05) is 6.54 Å². The van der Waals surface area contributed by atoms with E-state index in [0.29, 0.717) is 0 Å². The van der Waals surface area contributed by atoms with Crippen molar-refractivity contribution in [1.82, 2.24) is 0 Å². The second kappa shape index (κ2) is 6.90. The van der Waals surface area contributed by atoms with Crippen LogP contribution >= 0.6 is 11.8 Å². The molecule has 2 aliphatic carbocycles. The Labute approximate surface area is 105 Å². The molecule has 0 aromatic heterocycles. The third-order valence-corrected chi connectivity index (χ3v) is 6.14. The average molecular weight is 241 g/mol. The SMILES string of the molecule is NCC1CCCCCC1SC1CCCCC1. The summed E-state index contributed by atoms with van der Waals surface area (Å²) in [7, 11) is 0. The van der Waals surface area contributed by atoms with E-state index in [-0.39, 0.29) is 0 Å². The first-order chi connectivity index (χ1) is 7.90. The average Bonchev–Trinajstić information content (AvgIpc) is 2.55. The first kappa shape index (κ1) is 12.8. The van der Waals surface area contributed by atoms with Crippen LogP contribution in [0.2, 0.25) is 0 Å². The number of hydrogen-bond donors (Lipinski definition) is 1. The highest BCUT2D eigenvalue weighted by atomic mass is 32.2. The molecule has 0 bridgehead atoms. The highest BCUT2D eigenvalue weighted by molar-refractivity contribution is 8.00. The minimum atomic E-state index is 0.814. The molecule has 2 rings (SSSR count). The smallest absolute Gasteiger partial charge is 0.00901 e. The van der Waals surface area contributed by atoms with Gasteiger partial charge in [-0.05, 0) is 38.1 Å². The molecule has 0 heterocycles. The van der Waals surface area contributed by atoms with Gasteiger partial charge in [-0.1, -0.05) is 38.5 Å². The standard InChI is InChI=1S/C14H27NS/c15-11-12-7-3-1-6-10-14(12)16-13-8-4-2-5-9-13/h12-14H,1-11,15H2. The predicted octanol–water partition coefficient (Wildman–Crippen LogP) is 3.96. The summed E-state index contributed by atoms with van der Waals surface area (Å²) in [5.41, 5.74) is 5.95. The molecule has 0 radical (unpaired) electrons. The van der Waals surface area contributed by atoms with Gasteiger partial charge >= 0.3 is 0 Å². The zero-order valence-corrected chi connectivity index (χ0v) is 11.3. The number of rotatable bonds is 3. The molecular weight excluding hydrogens is 214 g/mol. The van der Waals surface area contributed by atoms with Crippen molar-refractivity contribution in [1.29, 1.82) is 0 Å². The Balaban J connectivity index is 1.83. The second-order valence-electron chi connectivity index (χ2n) is 5.57. The zero-order chi connectivity index (χ0) is 11.2. The minimum absolute atomic E-state index is 0.814. The molecule has 94 valence electrons. The highest BCUT2D eigenvalue weighted by Crippen LogP contribution is 2.38. The lowest BCUT2D eigenvalue weighted by Gasteiger charge is -2.29. The van der Waals surface area contributed by atoms with Crippen molar-refractivity contribution in [3.8, 4) is 0 Å². The number of nitrogens with two attached hydrogens (primary N) is 1. The van der Waals surface area contributed by atoms with Gasteiger partial charge in [0.15, 0.2) is 0 Å². The van der Waals surface area contributed by atoms with Crippen LogP contribution in [0, 0.1) is 5.92 Å². The van der Waals surface area contributed by atoms with Crippen molar-refractivity contribution in [3.63, 3.8) is 0 Å². The molecule has 0 spiro atoms. The van der Waals surface area contributed by atoms with E-state index in [2.05, 4.69) is 11.8 Å². The summed E-state index contributed by atoms with van der Waals surface area (Å²) in [6, 6.07) is 0. The summed E-state index contributed by atoms with van der Waals surface area (Å²) in [5.74, 6) is 0.814. The molecule has 2 fully saturated rings. The van der Waals surface area contributed by atoms with Crippen LogP contribution in [0.25, 0.3) is 0 Å². The fourth-order valence-corrected chi connectivity index (χ4v) is 5.12. The Morgan fingerprint density at radius 3 is 2.12 bits per heavy atom. The molecule has 0 aliphatic heterocycles. The van der Waals surface area contributed by atoms with E-state index in [9.17, 15) is 0 Å². The molecule has 16 heavy (non-hydrogen) atoms. The first-order valence-electron chi connectivity index (χ1n) is 7.25. The topological polar surface area (TPSA) is 26.0 Å². The van der Waals surface area contributed by atoms with Crippen molar-refractivity contribution >= 4 is 11.8 Å². The van der Waals surface area contributed by atoms with Crippen LogP contribution in [0.1, 0.15) is 64.2 Å². The van der Waals surface area contributed by atoms with Gasteiger partial charge in [-0.15, -0.1) is 0 Å². The molecule has 0 saturated heterocycles. The van der Waals surface area contributed by atoms with Gasteiger partial charge in [0, 0.05) is 10.5 Å². The van der Waals surface area contributed by atoms with Crippen LogP contribution in [-0.2, 0) is 0 Å². The monoisotopic (exact) mass is 241 g/mol. The highest BCUT2D eigenvalue weighted by Gasteiger charge is 2.26. The normalized spacial score (nSPS) is 33.6. The zero-order valence-electron chi connectivity index (χ0n) is 10.5. The lowest BCUT2D eigenvalue weighted by atomic mass is 10.00. The number of hydrogen-bond acceptors (Lipinski definition) is 2. The maximum Gasteiger partial charge on any atom is 0.00901 e. The summed E-state index contributed by atoms with van der Waals surface area (Å²) in [6.45, 7) is 0.921. The first-order valence-corrected chi connectivity index (χ1v) is 8.20. The van der Waals surface area contributed by atoms with Crippen molar-refractivity contribution < 1.29 is 0 Å². The predicted molar refractivity (Wildman–Crippen MR) is 73.9 cm³/mol. The Kier molecular flexibility index (Phi) is 5.51. The van der Waals surface area contributed by atoms with Crippen molar-refractivity contribution in [2.24, 2.45) is 11.7 Å². The maximum atomic E-state index is 5.95. The summed E-state index contributed by atoms with van der Waals surface area (Å²) in [4.78, 5) is 0. The van der Waals surface area contributed by atoms with Gasteiger partial charge in [-0.2, -0.15) is 11.8 Å². The summed E-state index contributed by atoms with van der Waals surface area (Å²) >= 11 is 2.31. The van der Waals surface area contributed by atoms with E-state index in [0.717, 1.165) is 23.0 Å². The summed E-state index contributed by atoms with van der Waals surface area (Å²) in [6.07, 6.45) is 14.5. The summed E-state index contributed by atoms with van der Waals surface area (Å²) in [5, 5.41) is 1.85. The van der Waals surface area contributed by atoms with Gasteiger partial charge in [0.25, 0.3) is 0 Å². The molecular formula is C14H27NS. The molecule has 2 N–H and O–H groups in total. The third kappa shape index (κ3) is 3.66. The van der Waals surface area contributed by atoms with Crippen LogP contribution in [0.3, 0.4) is 0 Å². The lowest BCUT2D eigenvalue weighted by molar-refractivity contribution is 0.473. The van der Waals surface area contributed by atoms with Crippen molar-refractivity contribution in [3.05, 3.63) is 0 Å². The van der Waals surface area contributed by atoms with Gasteiger partial charge in [-0.25, -0.2) is 0 Å². The molecule has 2 unspecified atom stereocenters. The van der Waals surface area contributed by atoms with Gasteiger partial charge in [0.1, 0.15) is 0 Å². The van der Waals surface area contributed by atoms with E-state index in [4.69, 9.17) is 5.73 Å². The molecule has 2 heteroatoms. The van der Waals surface area contributed by atoms with Gasteiger partial charge in [0.05, 0.1) is 0 Å². The van der Waals surface area contributed by atoms with E-state index >= 15 is 0 Å². The van der Waals surface area contributed by atoms with E-state index < -0.39 is 0 Å². The Morgan fingerprint density at radius 2 is 1.44 bits per heavy atom. The largest absolute Gasteiger partial charge is 0.330 e. The quantitative estimate of drug-likeness (QED) is 0.757. The molecule has 1 nitrogen and oxygen atoms in total. The van der Waals surface area contributed by atoms with Crippen LogP contribution in [0.4, 0.5) is 0 Å². The maximum absolute atomic E-state index is 5.95. The van der Waals surface area contributed by atoms with Crippen LogP contribution in [-0.4, -0.2) is 17.0 Å². The minimum Gasteiger partial charge on any atom is -0.330 e. The van der Waals surface area contributed by atoms with E-state index in [1.165, 1.54) is 64.2 Å². The molecule has 2 aliphatic rings. The molecule has 2 atom stereocenters. The van der Waals surface area contributed by atoms with Crippen LogP contribution in [0.5, 0.6) is 0 Å². The fraction of sp³-hybridized carbons (Fsp3) is 1.00. The van der Waals surface area contributed by atoms with Crippen molar-refractivity contribution in [2.45, 2.75) is 74.7 Å².